The second-order valence-corrected chi connectivity index (χ2v) is 9.67. The number of nitrogens with zero attached hydrogens (tertiary/aromatic N) is 2. The molecule has 5 rings (SSSR count). The third-order valence-electron chi connectivity index (χ3n) is 7.72. The summed E-state index contributed by atoms with van der Waals surface area (Å²) in [6.07, 6.45) is 7.91. The van der Waals surface area contributed by atoms with E-state index in [2.05, 4.69) is 35.8 Å². The molecule has 1 aromatic carbocycles. The number of carbonyl (C=O) groups excluding carboxylic acids is 1. The van der Waals surface area contributed by atoms with Crippen LogP contribution in [0.15, 0.2) is 47.6 Å². The molecule has 2 fully saturated rings. The molecule has 1 aromatic rings. The summed E-state index contributed by atoms with van der Waals surface area (Å²) in [6.45, 7) is 8.49. The summed E-state index contributed by atoms with van der Waals surface area (Å²) in [5.74, 6) is -0.128. The number of rotatable bonds is 3. The highest BCUT2D eigenvalue weighted by molar-refractivity contribution is 5.76. The maximum atomic E-state index is 14.1. The molecule has 4 aliphatic rings. The highest BCUT2D eigenvalue weighted by Crippen LogP contribution is 2.52. The van der Waals surface area contributed by atoms with Gasteiger partial charge in [-0.05, 0) is 49.3 Å². The van der Waals surface area contributed by atoms with E-state index in [0.717, 1.165) is 52.0 Å². The van der Waals surface area contributed by atoms with Crippen molar-refractivity contribution < 1.29 is 13.9 Å². The lowest BCUT2D eigenvalue weighted by Gasteiger charge is -2.43. The molecule has 0 unspecified atom stereocenters. The molecule has 4 nitrogen and oxygen atoms in total. The number of para-hydroxylation sites is 1. The summed E-state index contributed by atoms with van der Waals surface area (Å²) in [4.78, 5) is 17.2. The van der Waals surface area contributed by atoms with Gasteiger partial charge in [0.25, 0.3) is 0 Å². The molecule has 160 valence electrons. The predicted octanol–water partition coefficient (Wildman–Crippen LogP) is 4.18. The number of anilines is 1. The Balaban J connectivity index is 1.28. The van der Waals surface area contributed by atoms with Gasteiger partial charge in [0.1, 0.15) is 11.9 Å². The van der Waals surface area contributed by atoms with Crippen molar-refractivity contribution in [3.05, 3.63) is 53.4 Å². The zero-order chi connectivity index (χ0) is 20.9. The van der Waals surface area contributed by atoms with E-state index >= 15 is 0 Å². The van der Waals surface area contributed by atoms with Crippen LogP contribution in [-0.4, -0.2) is 49.7 Å². The third-order valence-corrected chi connectivity index (χ3v) is 7.72. The van der Waals surface area contributed by atoms with Crippen LogP contribution in [0.4, 0.5) is 10.1 Å². The van der Waals surface area contributed by atoms with Crippen molar-refractivity contribution in [3.63, 3.8) is 0 Å². The highest BCUT2D eigenvalue weighted by atomic mass is 19.1. The minimum Gasteiger partial charge on any atom is -0.461 e. The molecule has 2 saturated heterocycles. The molecule has 0 bridgehead atoms. The van der Waals surface area contributed by atoms with Crippen LogP contribution in [0.2, 0.25) is 0 Å². The number of carbonyl (C=O) groups is 1. The number of hydrogen-bond donors (Lipinski definition) is 0. The maximum Gasteiger partial charge on any atom is 0.311 e. The van der Waals surface area contributed by atoms with Gasteiger partial charge in [-0.15, -0.1) is 0 Å². The topological polar surface area (TPSA) is 32.8 Å². The van der Waals surface area contributed by atoms with Gasteiger partial charge < -0.3 is 9.64 Å². The molecule has 30 heavy (non-hydrogen) atoms. The van der Waals surface area contributed by atoms with Crippen molar-refractivity contribution >= 4 is 11.7 Å². The monoisotopic (exact) mass is 410 g/mol. The normalized spacial score (nSPS) is 34.0. The number of esters is 1. The fraction of sp³-hybridized carbons (Fsp3) is 0.560. The van der Waals surface area contributed by atoms with Crippen molar-refractivity contribution in [3.8, 4) is 0 Å². The average Bonchev–Trinajstić information content (AvgIpc) is 3.01. The summed E-state index contributed by atoms with van der Waals surface area (Å²) in [5, 5.41) is 0. The molecule has 5 heteroatoms. The molecule has 0 spiro atoms. The zero-order valence-corrected chi connectivity index (χ0v) is 17.9. The van der Waals surface area contributed by atoms with Crippen molar-refractivity contribution in [1.29, 1.82) is 0 Å². The fourth-order valence-electron chi connectivity index (χ4n) is 6.00. The van der Waals surface area contributed by atoms with Crippen LogP contribution in [0.5, 0.6) is 0 Å². The summed E-state index contributed by atoms with van der Waals surface area (Å²) < 4.78 is 20.0. The first kappa shape index (κ1) is 19.8. The Morgan fingerprint density at radius 3 is 2.73 bits per heavy atom. The second-order valence-electron chi connectivity index (χ2n) is 9.67. The Morgan fingerprint density at radius 1 is 1.20 bits per heavy atom. The Kier molecular flexibility index (Phi) is 4.97. The van der Waals surface area contributed by atoms with Crippen molar-refractivity contribution in [1.82, 2.24) is 4.90 Å². The molecule has 2 aliphatic heterocycles. The number of allylic oxidation sites excluding steroid dienone is 3. The first-order chi connectivity index (χ1) is 14.4. The van der Waals surface area contributed by atoms with Gasteiger partial charge in [0.2, 0.25) is 0 Å². The van der Waals surface area contributed by atoms with Gasteiger partial charge in [0.15, 0.2) is 0 Å². The quantitative estimate of drug-likeness (QED) is 0.700. The number of piperazine rings is 1. The molecule has 0 N–H and O–H groups in total. The molecular formula is C25H31FN2O2. The van der Waals surface area contributed by atoms with E-state index in [-0.39, 0.29) is 35.1 Å². The number of fused-ring (bicyclic) bond motifs is 2. The number of hydrogen-bond acceptors (Lipinski definition) is 4. The van der Waals surface area contributed by atoms with Crippen molar-refractivity contribution in [2.75, 3.05) is 37.6 Å². The molecule has 4 atom stereocenters. The van der Waals surface area contributed by atoms with Crippen LogP contribution in [0.25, 0.3) is 0 Å². The number of halogens is 1. The van der Waals surface area contributed by atoms with Gasteiger partial charge >= 0.3 is 5.97 Å². The predicted molar refractivity (Wildman–Crippen MR) is 116 cm³/mol. The Hall–Kier alpha value is -2.14. The van der Waals surface area contributed by atoms with Crippen molar-refractivity contribution in [2.24, 2.45) is 17.3 Å². The van der Waals surface area contributed by atoms with E-state index < -0.39 is 0 Å². The molecule has 2 aliphatic carbocycles. The van der Waals surface area contributed by atoms with Gasteiger partial charge in [-0.25, -0.2) is 4.39 Å². The Bertz CT molecular complexity index is 902. The summed E-state index contributed by atoms with van der Waals surface area (Å²) in [5.41, 5.74) is 3.62. The van der Waals surface area contributed by atoms with E-state index in [1.807, 2.05) is 12.1 Å². The van der Waals surface area contributed by atoms with E-state index in [1.165, 1.54) is 17.2 Å². The van der Waals surface area contributed by atoms with Crippen LogP contribution in [0, 0.1) is 23.1 Å². The van der Waals surface area contributed by atoms with Crippen molar-refractivity contribution in [2.45, 2.75) is 39.2 Å². The average molecular weight is 411 g/mol. The first-order valence-electron chi connectivity index (χ1n) is 11.3. The molecule has 0 aromatic heterocycles. The van der Waals surface area contributed by atoms with Gasteiger partial charge in [-0.1, -0.05) is 36.8 Å². The minimum atomic E-state index is -0.166. The van der Waals surface area contributed by atoms with Gasteiger partial charge in [0, 0.05) is 38.6 Å². The largest absolute Gasteiger partial charge is 0.461 e. The zero-order valence-electron chi connectivity index (χ0n) is 17.9. The molecule has 2 heterocycles. The fourth-order valence-corrected chi connectivity index (χ4v) is 6.00. The molecule has 0 amide bonds. The van der Waals surface area contributed by atoms with E-state index in [1.54, 1.807) is 6.07 Å². The van der Waals surface area contributed by atoms with Gasteiger partial charge in [-0.2, -0.15) is 0 Å². The Morgan fingerprint density at radius 2 is 1.97 bits per heavy atom. The Labute approximate surface area is 178 Å². The lowest BCUT2D eigenvalue weighted by molar-refractivity contribution is -0.145. The number of ether oxygens (including phenoxy) is 1. The van der Waals surface area contributed by atoms with Gasteiger partial charge in [0.05, 0.1) is 11.6 Å². The smallest absolute Gasteiger partial charge is 0.311 e. The van der Waals surface area contributed by atoms with E-state index in [9.17, 15) is 9.18 Å². The highest BCUT2D eigenvalue weighted by Gasteiger charge is 2.51. The maximum absolute atomic E-state index is 14.1. The summed E-state index contributed by atoms with van der Waals surface area (Å²) >= 11 is 0. The molecule has 0 saturated carbocycles. The number of benzene rings is 1. The van der Waals surface area contributed by atoms with Crippen LogP contribution >= 0.6 is 0 Å². The van der Waals surface area contributed by atoms with E-state index in [4.69, 9.17) is 4.74 Å². The second kappa shape index (κ2) is 7.52. The lowest BCUT2D eigenvalue weighted by Crippen LogP contribution is -2.49. The van der Waals surface area contributed by atoms with Gasteiger partial charge in [-0.3, -0.25) is 9.69 Å². The summed E-state index contributed by atoms with van der Waals surface area (Å²) in [7, 11) is 0. The summed E-state index contributed by atoms with van der Waals surface area (Å²) in [6, 6.07) is 6.97. The van der Waals surface area contributed by atoms with Crippen LogP contribution in [0.1, 0.15) is 33.1 Å². The first-order valence-corrected chi connectivity index (χ1v) is 11.3. The van der Waals surface area contributed by atoms with Crippen LogP contribution < -0.4 is 4.90 Å². The lowest BCUT2D eigenvalue weighted by atomic mass is 9.62. The standard InChI is InChI=1S/C25H31FN2O2/c1-17-6-5-9-25(2)15-23-18(14-20(17)25)19(24(29)30-23)16-27-10-12-28(13-11-27)22-8-4-3-7-21(22)26/h3-4,6-8,14,18-19,23H,5,9-13,15-16H2,1-2H3/t18-,19-,23-,25-/m1/s1. The van der Waals surface area contributed by atoms with Crippen LogP contribution in [-0.2, 0) is 9.53 Å². The minimum absolute atomic E-state index is 0.0156. The van der Waals surface area contributed by atoms with Crippen LogP contribution in [0.3, 0.4) is 0 Å². The molecule has 0 radical (unpaired) electrons. The SMILES string of the molecule is CC1=CCC[C@]2(C)C[C@H]3OC(=O)[C@H](CN4CCN(c5ccccc5F)CC4)[C@H]3C=C12. The third kappa shape index (κ3) is 3.37. The molecular weight excluding hydrogens is 379 g/mol. The van der Waals surface area contributed by atoms with E-state index in [0.29, 0.717) is 5.69 Å².